The summed E-state index contributed by atoms with van der Waals surface area (Å²) in [5.74, 6) is 0.258. The van der Waals surface area contributed by atoms with E-state index < -0.39 is 0 Å². The molecule has 0 atom stereocenters. The summed E-state index contributed by atoms with van der Waals surface area (Å²) >= 11 is 0. The van der Waals surface area contributed by atoms with Gasteiger partial charge in [-0.2, -0.15) is 0 Å². The van der Waals surface area contributed by atoms with E-state index in [2.05, 4.69) is 23.2 Å². The average molecular weight is 261 g/mol. The molecular weight excluding hydrogens is 246 g/mol. The first-order chi connectivity index (χ1) is 9.75. The van der Waals surface area contributed by atoms with Gasteiger partial charge in [-0.1, -0.05) is 48.5 Å². The van der Waals surface area contributed by atoms with Gasteiger partial charge in [0.15, 0.2) is 0 Å². The normalized spacial score (nSPS) is 11.8. The summed E-state index contributed by atoms with van der Waals surface area (Å²) in [7, 11) is 0. The molecule has 3 aromatic carbocycles. The van der Waals surface area contributed by atoms with E-state index in [1.807, 2.05) is 49.4 Å². The molecule has 0 unspecified atom stereocenters. The smallest absolute Gasteiger partial charge is 0.124 e. The zero-order valence-electron chi connectivity index (χ0n) is 11.2. The second kappa shape index (κ2) is 5.17. The van der Waals surface area contributed by atoms with Gasteiger partial charge in [-0.25, -0.2) is 0 Å². The number of nitrogens with zero attached hydrogens (tertiary/aromatic N) is 1. The van der Waals surface area contributed by atoms with Gasteiger partial charge in [-0.15, -0.1) is 0 Å². The Labute approximate surface area is 118 Å². The van der Waals surface area contributed by atoms with E-state index in [-0.39, 0.29) is 5.75 Å². The van der Waals surface area contributed by atoms with Crippen molar-refractivity contribution in [1.29, 1.82) is 0 Å². The lowest BCUT2D eigenvalue weighted by Crippen LogP contribution is -1.94. The van der Waals surface area contributed by atoms with E-state index >= 15 is 0 Å². The van der Waals surface area contributed by atoms with Crippen LogP contribution in [0.5, 0.6) is 5.75 Å². The lowest BCUT2D eigenvalue weighted by molar-refractivity contribution is 0.474. The molecule has 20 heavy (non-hydrogen) atoms. The summed E-state index contributed by atoms with van der Waals surface area (Å²) in [6, 6.07) is 21.5. The summed E-state index contributed by atoms with van der Waals surface area (Å²) < 4.78 is 0. The van der Waals surface area contributed by atoms with E-state index in [0.717, 1.165) is 22.3 Å². The fourth-order valence-corrected chi connectivity index (χ4v) is 2.33. The second-order valence-corrected chi connectivity index (χ2v) is 4.71. The fraction of sp³-hybridized carbons (Fsp3) is 0.0556. The third kappa shape index (κ3) is 2.28. The fourth-order valence-electron chi connectivity index (χ4n) is 2.33. The second-order valence-electron chi connectivity index (χ2n) is 4.71. The molecule has 0 saturated carbocycles. The number of hydrogen-bond acceptors (Lipinski definition) is 2. The summed E-state index contributed by atoms with van der Waals surface area (Å²) in [5, 5.41) is 12.2. The summed E-state index contributed by atoms with van der Waals surface area (Å²) in [6.45, 7) is 1.91. The molecule has 3 aromatic rings. The lowest BCUT2D eigenvalue weighted by atomic mass is 10.1. The number of fused-ring (bicyclic) bond motifs is 1. The summed E-state index contributed by atoms with van der Waals surface area (Å²) in [4.78, 5) is 4.67. The van der Waals surface area contributed by atoms with Crippen LogP contribution in [0.3, 0.4) is 0 Å². The molecule has 0 heterocycles. The van der Waals surface area contributed by atoms with Crippen LogP contribution >= 0.6 is 0 Å². The number of benzene rings is 3. The quantitative estimate of drug-likeness (QED) is 0.667. The molecule has 2 nitrogen and oxygen atoms in total. The highest BCUT2D eigenvalue weighted by atomic mass is 16.3. The van der Waals surface area contributed by atoms with Crippen molar-refractivity contribution in [2.75, 3.05) is 0 Å². The Kier molecular flexibility index (Phi) is 3.21. The van der Waals surface area contributed by atoms with E-state index in [9.17, 15) is 5.11 Å². The molecule has 0 aliphatic heterocycles. The van der Waals surface area contributed by atoms with Crippen LogP contribution in [0.1, 0.15) is 12.5 Å². The minimum atomic E-state index is 0.258. The minimum Gasteiger partial charge on any atom is -0.507 e. The van der Waals surface area contributed by atoms with Crippen molar-refractivity contribution in [2.45, 2.75) is 6.92 Å². The largest absolute Gasteiger partial charge is 0.507 e. The van der Waals surface area contributed by atoms with E-state index in [1.54, 1.807) is 6.07 Å². The maximum atomic E-state index is 9.89. The van der Waals surface area contributed by atoms with Gasteiger partial charge in [-0.05, 0) is 30.5 Å². The maximum absolute atomic E-state index is 9.89. The number of aliphatic imine (C=N–C) groups is 1. The molecule has 98 valence electrons. The zero-order chi connectivity index (χ0) is 13.9. The van der Waals surface area contributed by atoms with Gasteiger partial charge in [0.2, 0.25) is 0 Å². The first kappa shape index (κ1) is 12.4. The van der Waals surface area contributed by atoms with Crippen LogP contribution in [0.4, 0.5) is 5.69 Å². The predicted octanol–water partition coefficient (Wildman–Crippen LogP) is 4.69. The minimum absolute atomic E-state index is 0.258. The SMILES string of the molecule is CC(=Nc1cccc2ccccc12)c1ccccc1O. The summed E-state index contributed by atoms with van der Waals surface area (Å²) in [5.41, 5.74) is 2.49. The third-order valence-electron chi connectivity index (χ3n) is 3.35. The third-order valence-corrected chi connectivity index (χ3v) is 3.35. The Morgan fingerprint density at radius 2 is 1.55 bits per heavy atom. The molecule has 0 spiro atoms. The van der Waals surface area contributed by atoms with Crippen LogP contribution < -0.4 is 0 Å². The molecule has 0 fully saturated rings. The van der Waals surface area contributed by atoms with Crippen molar-refractivity contribution in [3.8, 4) is 5.75 Å². The number of rotatable bonds is 2. The Hall–Kier alpha value is -2.61. The van der Waals surface area contributed by atoms with Gasteiger partial charge in [0, 0.05) is 16.7 Å². The average Bonchev–Trinajstić information content (AvgIpc) is 2.48. The van der Waals surface area contributed by atoms with Crippen LogP contribution in [0.2, 0.25) is 0 Å². The van der Waals surface area contributed by atoms with Crippen molar-refractivity contribution < 1.29 is 5.11 Å². The van der Waals surface area contributed by atoms with E-state index in [4.69, 9.17) is 0 Å². The number of aromatic hydroxyl groups is 1. The van der Waals surface area contributed by atoms with Crippen LogP contribution in [0.25, 0.3) is 10.8 Å². The van der Waals surface area contributed by atoms with Gasteiger partial charge < -0.3 is 5.11 Å². The highest BCUT2D eigenvalue weighted by Gasteiger charge is 2.04. The van der Waals surface area contributed by atoms with Crippen molar-refractivity contribution in [3.05, 3.63) is 72.3 Å². The highest BCUT2D eigenvalue weighted by Crippen LogP contribution is 2.27. The molecule has 3 rings (SSSR count). The molecular formula is C18H15NO. The van der Waals surface area contributed by atoms with Crippen LogP contribution in [-0.4, -0.2) is 10.8 Å². The number of phenolic OH excluding ortho intramolecular Hbond substituents is 1. The Morgan fingerprint density at radius 3 is 2.40 bits per heavy atom. The van der Waals surface area contributed by atoms with Gasteiger partial charge in [0.05, 0.1) is 5.69 Å². The topological polar surface area (TPSA) is 32.6 Å². The van der Waals surface area contributed by atoms with Crippen LogP contribution in [0.15, 0.2) is 71.7 Å². The molecule has 0 amide bonds. The number of para-hydroxylation sites is 1. The van der Waals surface area contributed by atoms with E-state index in [1.165, 1.54) is 5.39 Å². The Balaban J connectivity index is 2.13. The van der Waals surface area contributed by atoms with Gasteiger partial charge in [0.25, 0.3) is 0 Å². The standard InChI is InChI=1S/C18H15NO/c1-13(15-9-4-5-12-18(15)20)19-17-11-6-8-14-7-2-3-10-16(14)17/h2-12,20H,1H3. The first-order valence-electron chi connectivity index (χ1n) is 6.57. The Bertz CT molecular complexity index is 785. The van der Waals surface area contributed by atoms with E-state index in [0.29, 0.717) is 0 Å². The van der Waals surface area contributed by atoms with Crippen molar-refractivity contribution >= 4 is 22.2 Å². The molecule has 0 aromatic heterocycles. The van der Waals surface area contributed by atoms with Gasteiger partial charge in [0.1, 0.15) is 5.75 Å². The molecule has 2 heteroatoms. The lowest BCUT2D eigenvalue weighted by Gasteiger charge is -2.06. The van der Waals surface area contributed by atoms with Gasteiger partial charge >= 0.3 is 0 Å². The molecule has 0 radical (unpaired) electrons. The van der Waals surface area contributed by atoms with Gasteiger partial charge in [-0.3, -0.25) is 4.99 Å². The first-order valence-corrected chi connectivity index (χ1v) is 6.57. The summed E-state index contributed by atoms with van der Waals surface area (Å²) in [6.07, 6.45) is 0. The number of phenols is 1. The van der Waals surface area contributed by atoms with Crippen LogP contribution in [0, 0.1) is 0 Å². The number of hydrogen-bond donors (Lipinski definition) is 1. The molecule has 0 saturated heterocycles. The molecule has 1 N–H and O–H groups in total. The van der Waals surface area contributed by atoms with Crippen molar-refractivity contribution in [2.24, 2.45) is 4.99 Å². The predicted molar refractivity (Wildman–Crippen MR) is 83.9 cm³/mol. The highest BCUT2D eigenvalue weighted by molar-refractivity contribution is 6.04. The molecule has 0 aliphatic rings. The molecule has 0 aliphatic carbocycles. The van der Waals surface area contributed by atoms with Crippen molar-refractivity contribution in [3.63, 3.8) is 0 Å². The van der Waals surface area contributed by atoms with Crippen LogP contribution in [-0.2, 0) is 0 Å². The monoisotopic (exact) mass is 261 g/mol. The maximum Gasteiger partial charge on any atom is 0.124 e. The zero-order valence-corrected chi connectivity index (χ0v) is 11.2. The molecule has 0 bridgehead atoms. The van der Waals surface area contributed by atoms with Crippen molar-refractivity contribution in [1.82, 2.24) is 0 Å². The Morgan fingerprint density at radius 1 is 0.850 bits per heavy atom.